The first-order valence-electron chi connectivity index (χ1n) is 8.72. The second-order valence-corrected chi connectivity index (χ2v) is 7.33. The summed E-state index contributed by atoms with van der Waals surface area (Å²) >= 11 is 1.62. The molecule has 7 nitrogen and oxygen atoms in total. The number of amides is 3. The lowest BCUT2D eigenvalue weighted by Crippen LogP contribution is -2.53. The number of nitrogens with two attached hydrogens (primary N) is 1. The van der Waals surface area contributed by atoms with E-state index in [1.807, 2.05) is 6.92 Å². The normalized spacial score (nSPS) is 23.1. The van der Waals surface area contributed by atoms with Crippen LogP contribution in [-0.2, 0) is 14.4 Å². The van der Waals surface area contributed by atoms with Gasteiger partial charge in [0.05, 0.1) is 11.8 Å². The van der Waals surface area contributed by atoms with E-state index in [1.165, 1.54) is 0 Å². The summed E-state index contributed by atoms with van der Waals surface area (Å²) in [6, 6.07) is -0.375. The van der Waals surface area contributed by atoms with E-state index in [1.54, 1.807) is 21.6 Å². The molecule has 2 saturated heterocycles. The molecular weight excluding hydrogens is 364 g/mol. The van der Waals surface area contributed by atoms with Gasteiger partial charge in [0.25, 0.3) is 0 Å². The lowest BCUT2D eigenvalue weighted by atomic mass is 9.96. The van der Waals surface area contributed by atoms with Crippen molar-refractivity contribution in [2.24, 2.45) is 11.7 Å². The zero-order valence-electron chi connectivity index (χ0n) is 14.7. The molecule has 0 saturated carbocycles. The number of piperidine rings is 1. The molecule has 0 aromatic heterocycles. The average Bonchev–Trinajstić information content (AvgIpc) is 3.09. The minimum atomic E-state index is -0.375. The third-order valence-corrected chi connectivity index (χ3v) is 5.51. The van der Waals surface area contributed by atoms with E-state index in [4.69, 9.17) is 5.73 Å². The lowest BCUT2D eigenvalue weighted by Gasteiger charge is -2.35. The molecule has 0 aliphatic carbocycles. The Morgan fingerprint density at radius 3 is 2.76 bits per heavy atom. The molecule has 3 N–H and O–H groups in total. The molecule has 2 atom stereocenters. The van der Waals surface area contributed by atoms with E-state index in [0.717, 1.165) is 19.3 Å². The van der Waals surface area contributed by atoms with Crippen molar-refractivity contribution in [3.05, 3.63) is 0 Å². The molecular formula is C16H29ClN4O3S. The molecule has 2 aliphatic rings. The van der Waals surface area contributed by atoms with Crippen molar-refractivity contribution in [2.45, 2.75) is 38.6 Å². The van der Waals surface area contributed by atoms with Crippen molar-refractivity contribution in [3.63, 3.8) is 0 Å². The average molecular weight is 393 g/mol. The van der Waals surface area contributed by atoms with Crippen molar-refractivity contribution < 1.29 is 14.4 Å². The molecule has 0 spiro atoms. The van der Waals surface area contributed by atoms with E-state index in [9.17, 15) is 14.4 Å². The number of hydrogen-bond acceptors (Lipinski definition) is 5. The summed E-state index contributed by atoms with van der Waals surface area (Å²) in [6.45, 7) is 3.94. The van der Waals surface area contributed by atoms with Crippen LogP contribution in [0, 0.1) is 5.92 Å². The number of likely N-dealkylation sites (tertiary alicyclic amines) is 1. The van der Waals surface area contributed by atoms with E-state index in [-0.39, 0.29) is 42.1 Å². The minimum Gasteiger partial charge on any atom is -0.355 e. The van der Waals surface area contributed by atoms with Gasteiger partial charge < -0.3 is 20.9 Å². The van der Waals surface area contributed by atoms with E-state index >= 15 is 0 Å². The fourth-order valence-electron chi connectivity index (χ4n) is 3.19. The third kappa shape index (κ3) is 5.76. The largest absolute Gasteiger partial charge is 0.355 e. The van der Waals surface area contributed by atoms with E-state index < -0.39 is 0 Å². The molecule has 0 aromatic carbocycles. The van der Waals surface area contributed by atoms with Gasteiger partial charge in [-0.2, -0.15) is 0 Å². The van der Waals surface area contributed by atoms with Crippen LogP contribution in [0.1, 0.15) is 32.6 Å². The number of halogens is 1. The first-order chi connectivity index (χ1) is 11.6. The maximum absolute atomic E-state index is 12.9. The summed E-state index contributed by atoms with van der Waals surface area (Å²) in [6.07, 6.45) is 2.87. The van der Waals surface area contributed by atoms with Crippen LogP contribution in [0.25, 0.3) is 0 Å². The summed E-state index contributed by atoms with van der Waals surface area (Å²) in [7, 11) is 0. The highest BCUT2D eigenvalue weighted by Crippen LogP contribution is 2.26. The van der Waals surface area contributed by atoms with Crippen molar-refractivity contribution in [3.8, 4) is 0 Å². The van der Waals surface area contributed by atoms with Crippen LogP contribution in [0.4, 0.5) is 0 Å². The zero-order chi connectivity index (χ0) is 17.5. The van der Waals surface area contributed by atoms with Crippen LogP contribution in [0.15, 0.2) is 0 Å². The molecule has 0 radical (unpaired) electrons. The molecule has 144 valence electrons. The Bertz CT molecular complexity index is 480. The first kappa shape index (κ1) is 22.1. The Labute approximate surface area is 159 Å². The minimum absolute atomic E-state index is 0. The van der Waals surface area contributed by atoms with Gasteiger partial charge in [0.15, 0.2) is 0 Å². The monoisotopic (exact) mass is 392 g/mol. The van der Waals surface area contributed by atoms with Crippen molar-refractivity contribution in [2.75, 3.05) is 37.8 Å². The van der Waals surface area contributed by atoms with Gasteiger partial charge in [-0.25, -0.2) is 0 Å². The lowest BCUT2D eigenvalue weighted by molar-refractivity contribution is -0.145. The van der Waals surface area contributed by atoms with Crippen molar-refractivity contribution >= 4 is 41.9 Å². The maximum atomic E-state index is 12.9. The summed E-state index contributed by atoms with van der Waals surface area (Å²) in [4.78, 5) is 40.7. The number of nitrogens with zero attached hydrogens (tertiary/aromatic N) is 2. The van der Waals surface area contributed by atoms with Gasteiger partial charge in [0.1, 0.15) is 6.04 Å². The molecule has 2 aliphatic heterocycles. The highest BCUT2D eigenvalue weighted by Gasteiger charge is 2.38. The van der Waals surface area contributed by atoms with Gasteiger partial charge in [0.2, 0.25) is 17.7 Å². The Balaban J connectivity index is 0.00000312. The molecule has 3 amide bonds. The molecule has 2 unspecified atom stereocenters. The fourth-order valence-corrected chi connectivity index (χ4v) is 4.36. The van der Waals surface area contributed by atoms with Crippen LogP contribution in [-0.4, -0.2) is 71.4 Å². The Morgan fingerprint density at radius 2 is 2.08 bits per heavy atom. The second kappa shape index (κ2) is 10.9. The number of rotatable bonds is 6. The van der Waals surface area contributed by atoms with Crippen LogP contribution >= 0.6 is 24.2 Å². The number of hydrogen-bond donors (Lipinski definition) is 2. The predicted molar refractivity (Wildman–Crippen MR) is 101 cm³/mol. The molecule has 9 heteroatoms. The first-order valence-corrected chi connectivity index (χ1v) is 9.87. The fraction of sp³-hybridized carbons (Fsp3) is 0.812. The molecule has 25 heavy (non-hydrogen) atoms. The summed E-state index contributed by atoms with van der Waals surface area (Å²) in [5, 5.41) is 2.80. The van der Waals surface area contributed by atoms with E-state index in [0.29, 0.717) is 44.2 Å². The predicted octanol–water partition coefficient (Wildman–Crippen LogP) is 0.423. The number of carbonyl (C=O) groups excluding carboxylic acids is 3. The van der Waals surface area contributed by atoms with Gasteiger partial charge in [-0.3, -0.25) is 14.4 Å². The smallest absolute Gasteiger partial charge is 0.246 e. The van der Waals surface area contributed by atoms with E-state index in [2.05, 4.69) is 5.32 Å². The third-order valence-electron chi connectivity index (χ3n) is 4.50. The maximum Gasteiger partial charge on any atom is 0.246 e. The highest BCUT2D eigenvalue weighted by atomic mass is 35.5. The van der Waals surface area contributed by atoms with Crippen LogP contribution in [0.3, 0.4) is 0 Å². The van der Waals surface area contributed by atoms with Gasteiger partial charge in [-0.05, 0) is 19.3 Å². The number of thioether (sulfide) groups is 1. The zero-order valence-corrected chi connectivity index (χ0v) is 16.4. The van der Waals surface area contributed by atoms with Crippen molar-refractivity contribution in [1.29, 1.82) is 0 Å². The highest BCUT2D eigenvalue weighted by molar-refractivity contribution is 7.99. The summed E-state index contributed by atoms with van der Waals surface area (Å²) in [5.74, 6) is 1.06. The number of carbonyl (C=O) groups is 3. The SMILES string of the molecule is CCCC(=O)N1CSCC1C(=O)N1CCCC(C(=O)NCCN)C1.Cl. The van der Waals surface area contributed by atoms with Gasteiger partial charge in [-0.15, -0.1) is 24.2 Å². The Hall–Kier alpha value is -0.990. The van der Waals surface area contributed by atoms with Gasteiger partial charge >= 0.3 is 0 Å². The van der Waals surface area contributed by atoms with Gasteiger partial charge in [0, 0.05) is 38.4 Å². The second-order valence-electron chi connectivity index (χ2n) is 6.33. The standard InChI is InChI=1S/C16H28N4O3S.ClH/c1-2-4-14(21)20-11-24-10-13(20)16(23)19-8-3-5-12(9-19)15(22)18-7-6-17;/h12-13H,2-11,17H2,1H3,(H,18,22);1H. The van der Waals surface area contributed by atoms with Crippen LogP contribution < -0.4 is 11.1 Å². The molecule has 2 rings (SSSR count). The molecule has 0 bridgehead atoms. The Kier molecular flexibility index (Phi) is 9.60. The topological polar surface area (TPSA) is 95.7 Å². The molecule has 0 aromatic rings. The molecule has 2 heterocycles. The number of nitrogens with one attached hydrogen (secondary N) is 1. The van der Waals surface area contributed by atoms with Gasteiger partial charge in [-0.1, -0.05) is 6.92 Å². The van der Waals surface area contributed by atoms with Crippen molar-refractivity contribution in [1.82, 2.24) is 15.1 Å². The molecule has 2 fully saturated rings. The summed E-state index contributed by atoms with van der Waals surface area (Å²) in [5.41, 5.74) is 5.41. The van der Waals surface area contributed by atoms with Crippen LogP contribution in [0.2, 0.25) is 0 Å². The van der Waals surface area contributed by atoms with Crippen LogP contribution in [0.5, 0.6) is 0 Å². The Morgan fingerprint density at radius 1 is 1.32 bits per heavy atom. The summed E-state index contributed by atoms with van der Waals surface area (Å²) < 4.78 is 0. The quantitative estimate of drug-likeness (QED) is 0.683.